The van der Waals surface area contributed by atoms with Gasteiger partial charge in [-0.3, -0.25) is 4.79 Å². The Labute approximate surface area is 193 Å². The maximum absolute atomic E-state index is 12.7. The quantitative estimate of drug-likeness (QED) is 0.508. The van der Waals surface area contributed by atoms with Crippen molar-refractivity contribution in [2.24, 2.45) is 5.92 Å². The second-order valence-corrected chi connectivity index (χ2v) is 8.14. The Hall–Kier alpha value is -3.39. The minimum Gasteiger partial charge on any atom is -0.479 e. The van der Waals surface area contributed by atoms with Crippen LogP contribution in [0, 0.1) is 5.92 Å². The number of hydrogen-bond donors (Lipinski definition) is 3. The Bertz CT molecular complexity index is 962. The summed E-state index contributed by atoms with van der Waals surface area (Å²) >= 11 is 0. The molecule has 0 spiro atoms. The van der Waals surface area contributed by atoms with Crippen molar-refractivity contribution in [3.8, 4) is 11.1 Å². The minimum absolute atomic E-state index is 0.0861. The second-order valence-electron chi connectivity index (χ2n) is 8.14. The van der Waals surface area contributed by atoms with E-state index in [2.05, 4.69) is 22.8 Å². The molecule has 0 aliphatic heterocycles. The van der Waals surface area contributed by atoms with E-state index in [1.807, 2.05) is 50.2 Å². The average molecular weight is 455 g/mol. The van der Waals surface area contributed by atoms with Crippen LogP contribution in [-0.2, 0) is 19.1 Å². The third kappa shape index (κ3) is 5.51. The number of carbonyl (C=O) groups is 3. The Kier molecular flexibility index (Phi) is 8.06. The molecule has 176 valence electrons. The highest BCUT2D eigenvalue weighted by molar-refractivity contribution is 5.86. The highest BCUT2D eigenvalue weighted by Gasteiger charge is 2.31. The fourth-order valence-electron chi connectivity index (χ4n) is 4.04. The molecule has 3 unspecified atom stereocenters. The zero-order valence-electron chi connectivity index (χ0n) is 19.0. The molecule has 0 aromatic heterocycles. The van der Waals surface area contributed by atoms with Crippen LogP contribution in [0.3, 0.4) is 0 Å². The number of hydrogen-bond acceptors (Lipinski definition) is 5. The number of aliphatic carboxylic acids is 1. The first-order valence-corrected chi connectivity index (χ1v) is 11.0. The van der Waals surface area contributed by atoms with E-state index < -0.39 is 30.1 Å². The van der Waals surface area contributed by atoms with Crippen molar-refractivity contribution in [3.63, 3.8) is 0 Å². The SMILES string of the molecule is CCC(C)C(NC(=O)OCC1c2ccccc2-c2ccccc21)C(=O)NCC(OC)C(=O)O. The number of amides is 2. The van der Waals surface area contributed by atoms with Crippen molar-refractivity contribution in [2.45, 2.75) is 38.3 Å². The van der Waals surface area contributed by atoms with E-state index in [0.717, 1.165) is 22.3 Å². The van der Waals surface area contributed by atoms with E-state index >= 15 is 0 Å². The third-order valence-electron chi connectivity index (χ3n) is 6.13. The molecule has 0 saturated carbocycles. The van der Waals surface area contributed by atoms with E-state index in [-0.39, 0.29) is 25.0 Å². The number of fused-ring (bicyclic) bond motifs is 3. The number of benzene rings is 2. The molecular weight excluding hydrogens is 424 g/mol. The lowest BCUT2D eigenvalue weighted by Crippen LogP contribution is -2.52. The normalized spacial score (nSPS) is 15.0. The number of alkyl carbamates (subject to hydrolysis) is 1. The van der Waals surface area contributed by atoms with Gasteiger partial charge in [0.15, 0.2) is 6.10 Å². The van der Waals surface area contributed by atoms with Gasteiger partial charge in [0.1, 0.15) is 12.6 Å². The molecule has 0 radical (unpaired) electrons. The van der Waals surface area contributed by atoms with Crippen LogP contribution in [0.15, 0.2) is 48.5 Å². The summed E-state index contributed by atoms with van der Waals surface area (Å²) in [6, 6.07) is 15.2. The molecule has 2 aromatic carbocycles. The summed E-state index contributed by atoms with van der Waals surface area (Å²) in [5.41, 5.74) is 4.46. The van der Waals surface area contributed by atoms with Gasteiger partial charge in [-0.2, -0.15) is 0 Å². The molecule has 1 aliphatic carbocycles. The first kappa shape index (κ1) is 24.3. The van der Waals surface area contributed by atoms with Gasteiger partial charge in [0, 0.05) is 13.0 Å². The lowest BCUT2D eigenvalue weighted by atomic mass is 9.98. The van der Waals surface area contributed by atoms with Gasteiger partial charge in [-0.05, 0) is 28.2 Å². The second kappa shape index (κ2) is 11.0. The van der Waals surface area contributed by atoms with Crippen molar-refractivity contribution >= 4 is 18.0 Å². The molecule has 33 heavy (non-hydrogen) atoms. The van der Waals surface area contributed by atoms with Crippen molar-refractivity contribution in [2.75, 3.05) is 20.3 Å². The van der Waals surface area contributed by atoms with Gasteiger partial charge in [-0.1, -0.05) is 68.8 Å². The van der Waals surface area contributed by atoms with E-state index in [9.17, 15) is 14.4 Å². The van der Waals surface area contributed by atoms with Gasteiger partial charge in [0.25, 0.3) is 0 Å². The highest BCUT2D eigenvalue weighted by atomic mass is 16.5. The summed E-state index contributed by atoms with van der Waals surface area (Å²) < 4.78 is 10.4. The summed E-state index contributed by atoms with van der Waals surface area (Å²) in [5, 5.41) is 14.3. The Balaban J connectivity index is 1.64. The van der Waals surface area contributed by atoms with Gasteiger partial charge in [-0.15, -0.1) is 0 Å². The number of carbonyl (C=O) groups excluding carboxylic acids is 2. The van der Waals surface area contributed by atoms with Gasteiger partial charge >= 0.3 is 12.1 Å². The fourth-order valence-corrected chi connectivity index (χ4v) is 4.04. The largest absolute Gasteiger partial charge is 0.479 e. The van der Waals surface area contributed by atoms with Crippen LogP contribution >= 0.6 is 0 Å². The number of nitrogens with one attached hydrogen (secondary N) is 2. The molecule has 0 saturated heterocycles. The summed E-state index contributed by atoms with van der Waals surface area (Å²) in [5.74, 6) is -1.93. The molecule has 0 heterocycles. The minimum atomic E-state index is -1.18. The lowest BCUT2D eigenvalue weighted by Gasteiger charge is -2.24. The molecule has 0 bridgehead atoms. The molecule has 0 fully saturated rings. The average Bonchev–Trinajstić information content (AvgIpc) is 3.14. The highest BCUT2D eigenvalue weighted by Crippen LogP contribution is 2.44. The molecular formula is C25H30N2O6. The number of carboxylic acids is 1. The third-order valence-corrected chi connectivity index (χ3v) is 6.13. The van der Waals surface area contributed by atoms with E-state index in [1.54, 1.807) is 0 Å². The number of carboxylic acid groups (broad SMARTS) is 1. The maximum atomic E-state index is 12.7. The van der Waals surface area contributed by atoms with Crippen LogP contribution in [0.4, 0.5) is 4.79 Å². The maximum Gasteiger partial charge on any atom is 0.407 e. The zero-order valence-corrected chi connectivity index (χ0v) is 19.0. The van der Waals surface area contributed by atoms with Gasteiger partial charge in [0.2, 0.25) is 5.91 Å². The molecule has 3 N–H and O–H groups in total. The molecule has 3 atom stereocenters. The van der Waals surface area contributed by atoms with E-state index in [0.29, 0.717) is 6.42 Å². The van der Waals surface area contributed by atoms with Crippen molar-refractivity contribution in [3.05, 3.63) is 59.7 Å². The van der Waals surface area contributed by atoms with Gasteiger partial charge < -0.3 is 25.2 Å². The van der Waals surface area contributed by atoms with Crippen LogP contribution in [-0.4, -0.2) is 55.5 Å². The molecule has 3 rings (SSSR count). The number of ether oxygens (including phenoxy) is 2. The zero-order chi connectivity index (χ0) is 24.0. The summed E-state index contributed by atoms with van der Waals surface area (Å²) in [6.07, 6.45) is -1.23. The molecule has 8 nitrogen and oxygen atoms in total. The fraction of sp³-hybridized carbons (Fsp3) is 0.400. The van der Waals surface area contributed by atoms with Crippen LogP contribution in [0.2, 0.25) is 0 Å². The Morgan fingerprint density at radius 2 is 1.61 bits per heavy atom. The lowest BCUT2D eigenvalue weighted by molar-refractivity contribution is -0.148. The van der Waals surface area contributed by atoms with Crippen LogP contribution in [0.1, 0.15) is 37.3 Å². The summed E-state index contributed by atoms with van der Waals surface area (Å²) in [4.78, 5) is 36.4. The first-order chi connectivity index (χ1) is 15.9. The standard InChI is InChI=1S/C25H30N2O6/c1-4-15(2)22(23(28)26-13-21(32-3)24(29)30)27-25(31)33-14-20-18-11-7-5-9-16(18)17-10-6-8-12-19(17)20/h5-12,15,20-22H,4,13-14H2,1-3H3,(H,26,28)(H,27,31)(H,29,30). The topological polar surface area (TPSA) is 114 Å². The molecule has 2 aromatic rings. The van der Waals surface area contributed by atoms with Crippen molar-refractivity contribution in [1.29, 1.82) is 0 Å². The van der Waals surface area contributed by atoms with Crippen LogP contribution in [0.5, 0.6) is 0 Å². The molecule has 8 heteroatoms. The van der Waals surface area contributed by atoms with E-state index in [4.69, 9.17) is 14.6 Å². The smallest absolute Gasteiger partial charge is 0.407 e. The van der Waals surface area contributed by atoms with E-state index in [1.165, 1.54) is 7.11 Å². The van der Waals surface area contributed by atoms with Gasteiger partial charge in [-0.25, -0.2) is 9.59 Å². The Morgan fingerprint density at radius 1 is 1.03 bits per heavy atom. The summed E-state index contributed by atoms with van der Waals surface area (Å²) in [6.45, 7) is 3.67. The van der Waals surface area contributed by atoms with Crippen molar-refractivity contribution in [1.82, 2.24) is 10.6 Å². The van der Waals surface area contributed by atoms with Gasteiger partial charge in [0.05, 0.1) is 6.54 Å². The van der Waals surface area contributed by atoms with Crippen LogP contribution < -0.4 is 10.6 Å². The monoisotopic (exact) mass is 454 g/mol. The Morgan fingerprint density at radius 3 is 2.12 bits per heavy atom. The van der Waals surface area contributed by atoms with Crippen LogP contribution in [0.25, 0.3) is 11.1 Å². The predicted molar refractivity (Wildman–Crippen MR) is 123 cm³/mol. The number of methoxy groups -OCH3 is 1. The molecule has 1 aliphatic rings. The summed E-state index contributed by atoms with van der Waals surface area (Å²) in [7, 11) is 1.26. The molecule has 2 amide bonds. The first-order valence-electron chi connectivity index (χ1n) is 11.0. The van der Waals surface area contributed by atoms with Crippen molar-refractivity contribution < 1.29 is 29.0 Å². The number of rotatable bonds is 10. The predicted octanol–water partition coefficient (Wildman–Crippen LogP) is 3.16.